The summed E-state index contributed by atoms with van der Waals surface area (Å²) in [5, 5.41) is 2.55. The van der Waals surface area contributed by atoms with E-state index in [1.807, 2.05) is 0 Å². The molecule has 7 heteroatoms. The molecule has 2 rings (SSSR count). The van der Waals surface area contributed by atoms with E-state index in [2.05, 4.69) is 5.10 Å². The van der Waals surface area contributed by atoms with Crippen molar-refractivity contribution in [2.45, 2.75) is 13.3 Å². The molecule has 0 unspecified atom stereocenters. The minimum Gasteiger partial charge on any atom is -0.393 e. The lowest BCUT2D eigenvalue weighted by molar-refractivity contribution is 0.491. The van der Waals surface area contributed by atoms with Crippen LogP contribution in [0.5, 0.6) is 0 Å². The van der Waals surface area contributed by atoms with Crippen molar-refractivity contribution in [2.24, 2.45) is 0 Å². The van der Waals surface area contributed by atoms with E-state index in [4.69, 9.17) is 5.73 Å². The Morgan fingerprint density at radius 3 is 2.39 bits per heavy atom. The standard InChI is InChI=1S/C11H10F3N3O/c1-2-8-10(15)11(18)17(16-8)9-4-6(13)5(12)3-7(9)14/h3-4,16H,2,15H2,1H3. The molecule has 0 bridgehead atoms. The highest BCUT2D eigenvalue weighted by Crippen LogP contribution is 2.17. The molecule has 0 amide bonds. The Labute approximate surface area is 99.8 Å². The van der Waals surface area contributed by atoms with Crippen LogP contribution in [0.4, 0.5) is 18.9 Å². The Bertz CT molecular complexity index is 660. The van der Waals surface area contributed by atoms with Crippen LogP contribution in [0.3, 0.4) is 0 Å². The van der Waals surface area contributed by atoms with E-state index in [0.717, 1.165) is 4.68 Å². The molecular formula is C11H10F3N3O. The molecule has 0 saturated carbocycles. The van der Waals surface area contributed by atoms with Crippen molar-refractivity contribution in [2.75, 3.05) is 5.73 Å². The first-order valence-electron chi connectivity index (χ1n) is 5.20. The van der Waals surface area contributed by atoms with Gasteiger partial charge >= 0.3 is 0 Å². The van der Waals surface area contributed by atoms with Crippen LogP contribution < -0.4 is 11.3 Å². The van der Waals surface area contributed by atoms with Crippen molar-refractivity contribution in [3.8, 4) is 5.69 Å². The van der Waals surface area contributed by atoms with Crippen molar-refractivity contribution < 1.29 is 13.2 Å². The van der Waals surface area contributed by atoms with Gasteiger partial charge in [-0.2, -0.15) is 0 Å². The number of aromatic nitrogens is 2. The van der Waals surface area contributed by atoms with Gasteiger partial charge in [-0.3, -0.25) is 9.89 Å². The van der Waals surface area contributed by atoms with E-state index in [0.29, 0.717) is 24.2 Å². The number of nitrogen functional groups attached to an aromatic ring is 1. The molecule has 1 aromatic carbocycles. The quantitative estimate of drug-likeness (QED) is 0.805. The van der Waals surface area contributed by atoms with Crippen molar-refractivity contribution >= 4 is 5.69 Å². The van der Waals surface area contributed by atoms with E-state index in [-0.39, 0.29) is 5.69 Å². The summed E-state index contributed by atoms with van der Waals surface area (Å²) < 4.78 is 40.1. The van der Waals surface area contributed by atoms with Crippen molar-refractivity contribution in [1.29, 1.82) is 0 Å². The van der Waals surface area contributed by atoms with E-state index in [1.165, 1.54) is 0 Å². The zero-order chi connectivity index (χ0) is 13.4. The fraction of sp³-hybridized carbons (Fsp3) is 0.182. The minimum absolute atomic E-state index is 0.0679. The third-order valence-electron chi connectivity index (χ3n) is 2.59. The van der Waals surface area contributed by atoms with Crippen LogP contribution in [-0.4, -0.2) is 9.78 Å². The van der Waals surface area contributed by atoms with Gasteiger partial charge in [0.15, 0.2) is 17.5 Å². The molecule has 18 heavy (non-hydrogen) atoms. The highest BCUT2D eigenvalue weighted by Gasteiger charge is 2.16. The molecule has 0 aliphatic rings. The summed E-state index contributed by atoms with van der Waals surface area (Å²) in [7, 11) is 0. The maximum atomic E-state index is 13.5. The van der Waals surface area contributed by atoms with E-state index >= 15 is 0 Å². The highest BCUT2D eigenvalue weighted by molar-refractivity contribution is 5.45. The average Bonchev–Trinajstić information content (AvgIpc) is 2.61. The van der Waals surface area contributed by atoms with Crippen LogP contribution in [-0.2, 0) is 6.42 Å². The first-order chi connectivity index (χ1) is 8.45. The Morgan fingerprint density at radius 2 is 1.83 bits per heavy atom. The third-order valence-corrected chi connectivity index (χ3v) is 2.59. The molecule has 4 nitrogen and oxygen atoms in total. The smallest absolute Gasteiger partial charge is 0.294 e. The number of nitrogens with one attached hydrogen (secondary N) is 1. The number of hydrogen-bond acceptors (Lipinski definition) is 2. The summed E-state index contributed by atoms with van der Waals surface area (Å²) in [6.07, 6.45) is 0.430. The Morgan fingerprint density at radius 1 is 1.22 bits per heavy atom. The van der Waals surface area contributed by atoms with Crippen LogP contribution >= 0.6 is 0 Å². The van der Waals surface area contributed by atoms with Gasteiger partial charge in [-0.15, -0.1) is 0 Å². The molecule has 1 aromatic heterocycles. The number of H-pyrrole nitrogens is 1. The number of aryl methyl sites for hydroxylation is 1. The Hall–Kier alpha value is -2.18. The van der Waals surface area contributed by atoms with Crippen molar-refractivity contribution in [1.82, 2.24) is 9.78 Å². The monoisotopic (exact) mass is 257 g/mol. The fourth-order valence-electron chi connectivity index (χ4n) is 1.62. The number of aromatic amines is 1. The maximum Gasteiger partial charge on any atom is 0.294 e. The molecule has 0 spiro atoms. The SMILES string of the molecule is CCc1[nH]n(-c2cc(F)c(F)cc2F)c(=O)c1N. The number of anilines is 1. The molecule has 0 atom stereocenters. The lowest BCUT2D eigenvalue weighted by Crippen LogP contribution is -2.18. The molecule has 0 aliphatic carbocycles. The van der Waals surface area contributed by atoms with E-state index in [1.54, 1.807) is 6.92 Å². The summed E-state index contributed by atoms with van der Waals surface area (Å²) >= 11 is 0. The van der Waals surface area contributed by atoms with Crippen LogP contribution in [0.1, 0.15) is 12.6 Å². The minimum atomic E-state index is -1.32. The van der Waals surface area contributed by atoms with Gasteiger partial charge in [-0.05, 0) is 6.42 Å². The average molecular weight is 257 g/mol. The van der Waals surface area contributed by atoms with Crippen LogP contribution in [0.2, 0.25) is 0 Å². The lowest BCUT2D eigenvalue weighted by atomic mass is 10.3. The third kappa shape index (κ3) is 1.77. The molecule has 1 heterocycles. The van der Waals surface area contributed by atoms with Gasteiger partial charge < -0.3 is 5.73 Å². The molecule has 96 valence electrons. The number of rotatable bonds is 2. The fourth-order valence-corrected chi connectivity index (χ4v) is 1.62. The van der Waals surface area contributed by atoms with Crippen molar-refractivity contribution in [3.63, 3.8) is 0 Å². The predicted octanol–water partition coefficient (Wildman–Crippen LogP) is 1.73. The summed E-state index contributed by atoms with van der Waals surface area (Å²) in [5.74, 6) is -3.62. The molecule has 0 fully saturated rings. The Kier molecular flexibility index (Phi) is 2.90. The molecule has 0 aliphatic heterocycles. The second kappa shape index (κ2) is 4.25. The topological polar surface area (TPSA) is 63.8 Å². The van der Waals surface area contributed by atoms with Crippen LogP contribution in [0, 0.1) is 17.5 Å². The lowest BCUT2D eigenvalue weighted by Gasteiger charge is -2.04. The predicted molar refractivity (Wildman–Crippen MR) is 60.1 cm³/mol. The summed E-state index contributed by atoms with van der Waals surface area (Å²) in [5.41, 5.74) is 4.74. The summed E-state index contributed by atoms with van der Waals surface area (Å²) in [6.45, 7) is 1.74. The molecule has 3 N–H and O–H groups in total. The Balaban J connectivity index is 2.70. The normalized spacial score (nSPS) is 10.9. The summed E-state index contributed by atoms with van der Waals surface area (Å²) in [6, 6.07) is 0.973. The number of nitrogens with zero attached hydrogens (tertiary/aromatic N) is 1. The second-order valence-corrected chi connectivity index (χ2v) is 3.72. The van der Waals surface area contributed by atoms with Gasteiger partial charge in [-0.25, -0.2) is 17.9 Å². The first-order valence-corrected chi connectivity index (χ1v) is 5.20. The molecular weight excluding hydrogens is 247 g/mol. The number of hydrogen-bond donors (Lipinski definition) is 2. The second-order valence-electron chi connectivity index (χ2n) is 3.72. The molecule has 0 saturated heterocycles. The van der Waals surface area contributed by atoms with Crippen LogP contribution in [0.25, 0.3) is 5.69 Å². The molecule has 0 radical (unpaired) electrons. The van der Waals surface area contributed by atoms with Crippen molar-refractivity contribution in [3.05, 3.63) is 45.6 Å². The van der Waals surface area contributed by atoms with E-state index in [9.17, 15) is 18.0 Å². The van der Waals surface area contributed by atoms with Gasteiger partial charge in [0.05, 0.1) is 5.69 Å². The number of halogens is 3. The number of nitrogens with two attached hydrogens (primary N) is 1. The van der Waals surface area contributed by atoms with E-state index < -0.39 is 28.7 Å². The zero-order valence-corrected chi connectivity index (χ0v) is 9.43. The summed E-state index contributed by atoms with van der Waals surface area (Å²) in [4.78, 5) is 11.7. The van der Waals surface area contributed by atoms with Gasteiger partial charge in [0, 0.05) is 12.1 Å². The molecule has 2 aromatic rings. The maximum absolute atomic E-state index is 13.5. The first kappa shape index (κ1) is 12.3. The van der Waals surface area contributed by atoms with Gasteiger partial charge in [0.25, 0.3) is 5.56 Å². The zero-order valence-electron chi connectivity index (χ0n) is 9.43. The van der Waals surface area contributed by atoms with Crippen LogP contribution in [0.15, 0.2) is 16.9 Å². The highest BCUT2D eigenvalue weighted by atomic mass is 19.2. The largest absolute Gasteiger partial charge is 0.393 e. The van der Waals surface area contributed by atoms with Gasteiger partial charge in [0.2, 0.25) is 0 Å². The van der Waals surface area contributed by atoms with Gasteiger partial charge in [0.1, 0.15) is 11.4 Å². The van der Waals surface area contributed by atoms with Gasteiger partial charge in [-0.1, -0.05) is 6.92 Å². The number of benzene rings is 1.